The standard InChI is InChI=1S/C31H25ClF4N8O4/c32-27(37)26-24(15-3-6-21-22(8-15)48-31(35,36)30(47)44(21)12-23-40-10-17(34)11-41-23)25(28(38)46)19(7-14-1-2-14)42-29(26)43-20(13-45)18-5-4-16(33)9-39-18/h3-6,8-11,14,20,37,45H,1-2,7,12-13H2,(H2,38,46)(H,42,43). The van der Waals surface area contributed by atoms with Crippen molar-refractivity contribution >= 4 is 40.1 Å². The number of aromatic nitrogens is 4. The maximum atomic E-state index is 15.0. The lowest BCUT2D eigenvalue weighted by Gasteiger charge is -2.33. The molecule has 0 radical (unpaired) electrons. The van der Waals surface area contributed by atoms with Gasteiger partial charge in [-0.3, -0.25) is 24.9 Å². The average Bonchev–Trinajstić information content (AvgIpc) is 3.86. The molecule has 0 bridgehead atoms. The number of hydrogen-bond donors (Lipinski definition) is 4. The number of amides is 2. The van der Waals surface area contributed by atoms with Crippen LogP contribution < -0.4 is 20.7 Å². The van der Waals surface area contributed by atoms with Crippen LogP contribution in [0.25, 0.3) is 11.1 Å². The number of ether oxygens (including phenoxy) is 1. The van der Waals surface area contributed by atoms with Gasteiger partial charge >= 0.3 is 12.0 Å². The number of fused-ring (bicyclic) bond motifs is 1. The van der Waals surface area contributed by atoms with Gasteiger partial charge in [0.05, 0.1) is 66.0 Å². The lowest BCUT2D eigenvalue weighted by molar-refractivity contribution is -0.193. The van der Waals surface area contributed by atoms with Gasteiger partial charge in [0.2, 0.25) is 0 Å². The van der Waals surface area contributed by atoms with Gasteiger partial charge in [-0.15, -0.1) is 0 Å². The quantitative estimate of drug-likeness (QED) is 0.131. The van der Waals surface area contributed by atoms with E-state index in [2.05, 4.69) is 25.3 Å². The Morgan fingerprint density at radius 1 is 1.12 bits per heavy atom. The summed E-state index contributed by atoms with van der Waals surface area (Å²) in [6, 6.07) is 5.30. The van der Waals surface area contributed by atoms with Crippen LogP contribution in [0.3, 0.4) is 0 Å². The van der Waals surface area contributed by atoms with Crippen molar-refractivity contribution in [3.8, 4) is 16.9 Å². The number of nitrogens with zero attached hydrogens (tertiary/aromatic N) is 5. The molecule has 6 rings (SSSR count). The van der Waals surface area contributed by atoms with Gasteiger partial charge in [-0.1, -0.05) is 17.7 Å². The maximum Gasteiger partial charge on any atom is 0.482 e. The van der Waals surface area contributed by atoms with Gasteiger partial charge in [-0.25, -0.2) is 23.7 Å². The second-order valence-corrected chi connectivity index (χ2v) is 11.5. The number of nitrogens with one attached hydrogen (secondary N) is 2. The topological polar surface area (TPSA) is 180 Å². The van der Waals surface area contributed by atoms with Crippen LogP contribution in [0.2, 0.25) is 0 Å². The van der Waals surface area contributed by atoms with Gasteiger partial charge in [0.15, 0.2) is 11.6 Å². The minimum atomic E-state index is -4.33. The van der Waals surface area contributed by atoms with Crippen LogP contribution in [-0.2, 0) is 17.8 Å². The first-order valence-electron chi connectivity index (χ1n) is 14.5. The molecule has 4 aromatic rings. The minimum Gasteiger partial charge on any atom is -0.423 e. The molecule has 4 heterocycles. The summed E-state index contributed by atoms with van der Waals surface area (Å²) in [5.41, 5.74) is 5.93. The van der Waals surface area contributed by atoms with Crippen molar-refractivity contribution in [3.63, 3.8) is 0 Å². The largest absolute Gasteiger partial charge is 0.482 e. The molecule has 1 aliphatic heterocycles. The summed E-state index contributed by atoms with van der Waals surface area (Å²) in [7, 11) is 0. The number of anilines is 2. The molecule has 17 heteroatoms. The number of aliphatic hydroxyl groups excluding tert-OH is 1. The van der Waals surface area contributed by atoms with Crippen molar-refractivity contribution < 1.29 is 37.0 Å². The van der Waals surface area contributed by atoms with E-state index in [4.69, 9.17) is 27.5 Å². The Morgan fingerprint density at radius 3 is 2.44 bits per heavy atom. The second-order valence-electron chi connectivity index (χ2n) is 11.1. The molecular weight excluding hydrogens is 660 g/mol. The van der Waals surface area contributed by atoms with Crippen molar-refractivity contribution in [3.05, 3.63) is 88.9 Å². The van der Waals surface area contributed by atoms with Crippen LogP contribution >= 0.6 is 11.6 Å². The monoisotopic (exact) mass is 684 g/mol. The number of halogens is 5. The van der Waals surface area contributed by atoms with Gasteiger partial charge in [0.1, 0.15) is 22.6 Å². The van der Waals surface area contributed by atoms with E-state index in [-0.39, 0.29) is 56.9 Å². The third-order valence-electron chi connectivity index (χ3n) is 7.76. The molecule has 1 saturated carbocycles. The van der Waals surface area contributed by atoms with Crippen LogP contribution in [0.1, 0.15) is 52.0 Å². The number of primary amides is 1. The Balaban J connectivity index is 1.52. The zero-order chi connectivity index (χ0) is 34.3. The molecule has 0 saturated heterocycles. The Morgan fingerprint density at radius 2 is 1.83 bits per heavy atom. The molecule has 5 N–H and O–H groups in total. The molecule has 1 aliphatic carbocycles. The normalized spacial score (nSPS) is 15.8. The van der Waals surface area contributed by atoms with E-state index >= 15 is 0 Å². The Bertz CT molecular complexity index is 1930. The van der Waals surface area contributed by atoms with E-state index in [9.17, 15) is 32.3 Å². The fraction of sp³-hybridized carbons (Fsp3) is 0.258. The number of alkyl halides is 2. The van der Waals surface area contributed by atoms with E-state index in [0.717, 1.165) is 43.6 Å². The first-order valence-corrected chi connectivity index (χ1v) is 14.8. The van der Waals surface area contributed by atoms with Gasteiger partial charge in [0, 0.05) is 5.56 Å². The van der Waals surface area contributed by atoms with Crippen molar-refractivity contribution in [2.45, 2.75) is 38.0 Å². The van der Waals surface area contributed by atoms with Crippen molar-refractivity contribution in [2.75, 3.05) is 16.8 Å². The minimum absolute atomic E-state index is 0.0422. The van der Waals surface area contributed by atoms with Gasteiger partial charge in [-0.05, 0) is 55.0 Å². The molecule has 48 heavy (non-hydrogen) atoms. The molecule has 2 amide bonds. The highest BCUT2D eigenvalue weighted by atomic mass is 35.5. The van der Waals surface area contributed by atoms with Gasteiger partial charge in [-0.2, -0.15) is 8.78 Å². The Labute approximate surface area is 274 Å². The summed E-state index contributed by atoms with van der Waals surface area (Å²) in [4.78, 5) is 42.6. The number of pyridine rings is 2. The van der Waals surface area contributed by atoms with Crippen molar-refractivity contribution in [2.24, 2.45) is 11.7 Å². The van der Waals surface area contributed by atoms with Crippen LogP contribution in [-0.4, -0.2) is 54.7 Å². The molecule has 1 unspecified atom stereocenters. The zero-order valence-electron chi connectivity index (χ0n) is 24.7. The molecule has 3 aromatic heterocycles. The lowest BCUT2D eigenvalue weighted by Crippen LogP contribution is -2.50. The van der Waals surface area contributed by atoms with E-state index in [0.29, 0.717) is 11.3 Å². The van der Waals surface area contributed by atoms with Crippen LogP contribution in [0.4, 0.5) is 29.1 Å². The highest BCUT2D eigenvalue weighted by molar-refractivity contribution is 6.69. The highest BCUT2D eigenvalue weighted by Crippen LogP contribution is 2.45. The first kappa shape index (κ1) is 32.7. The third-order valence-corrected chi connectivity index (χ3v) is 7.95. The molecule has 1 aromatic carbocycles. The summed E-state index contributed by atoms with van der Waals surface area (Å²) in [5, 5.41) is 21.0. The second kappa shape index (κ2) is 12.8. The summed E-state index contributed by atoms with van der Waals surface area (Å²) < 4.78 is 61.7. The number of hydrogen-bond acceptors (Lipinski definition) is 10. The van der Waals surface area contributed by atoms with Crippen molar-refractivity contribution in [1.29, 1.82) is 5.41 Å². The van der Waals surface area contributed by atoms with Gasteiger partial charge < -0.3 is 20.9 Å². The number of carbonyl (C=O) groups is 2. The predicted molar refractivity (Wildman–Crippen MR) is 164 cm³/mol. The fourth-order valence-electron chi connectivity index (χ4n) is 5.36. The average molecular weight is 685 g/mol. The lowest BCUT2D eigenvalue weighted by atomic mass is 9.91. The van der Waals surface area contributed by atoms with Crippen LogP contribution in [0, 0.1) is 23.0 Å². The maximum absolute atomic E-state index is 15.0. The predicted octanol–water partition coefficient (Wildman–Crippen LogP) is 4.49. The van der Waals surface area contributed by atoms with Crippen LogP contribution in [0.15, 0.2) is 48.9 Å². The van der Waals surface area contributed by atoms with Crippen molar-refractivity contribution in [1.82, 2.24) is 19.9 Å². The Kier molecular flexibility index (Phi) is 8.70. The van der Waals surface area contributed by atoms with E-state index in [1.54, 1.807) is 0 Å². The third kappa shape index (κ3) is 6.48. The molecule has 1 fully saturated rings. The Hall–Kier alpha value is -5.22. The molecule has 2 aliphatic rings. The van der Waals surface area contributed by atoms with Crippen LogP contribution in [0.5, 0.6) is 5.75 Å². The first-order chi connectivity index (χ1) is 22.9. The van der Waals surface area contributed by atoms with Gasteiger partial charge in [0.25, 0.3) is 5.91 Å². The zero-order valence-corrected chi connectivity index (χ0v) is 25.4. The fourth-order valence-corrected chi connectivity index (χ4v) is 5.55. The number of aliphatic hydroxyl groups is 1. The molecule has 12 nitrogen and oxygen atoms in total. The summed E-state index contributed by atoms with van der Waals surface area (Å²) in [6.07, 6.45) is 0.278. The summed E-state index contributed by atoms with van der Waals surface area (Å²) in [5.74, 6) is -4.54. The molecule has 248 valence electrons. The summed E-state index contributed by atoms with van der Waals surface area (Å²) in [6.45, 7) is -1.10. The summed E-state index contributed by atoms with van der Waals surface area (Å²) >= 11 is 6.32. The van der Waals surface area contributed by atoms with E-state index < -0.39 is 59.7 Å². The smallest absolute Gasteiger partial charge is 0.423 e. The SMILES string of the molecule is N=C(Cl)c1c(NC(CO)c2ccc(F)cn2)nc(CC2CC2)c(C(N)=O)c1-c1ccc2c(c1)OC(F)(F)C(=O)N2Cc1ncc(F)cn1. The number of benzene rings is 1. The number of rotatable bonds is 11. The highest BCUT2D eigenvalue weighted by Gasteiger charge is 2.51. The van der Waals surface area contributed by atoms with E-state index in [1.807, 2.05) is 0 Å². The molecular formula is C31H25ClF4N8O4. The van der Waals surface area contributed by atoms with E-state index in [1.165, 1.54) is 18.2 Å². The molecule has 0 spiro atoms. The number of carbonyl (C=O) groups excluding carboxylic acids is 2. The number of nitrogens with two attached hydrogens (primary N) is 1. The molecule has 1 atom stereocenters.